The monoisotopic (exact) mass is 406 g/mol. The van der Waals surface area contributed by atoms with E-state index in [0.717, 1.165) is 0 Å². The number of furan rings is 1. The summed E-state index contributed by atoms with van der Waals surface area (Å²) in [6.45, 7) is 6.78. The zero-order valence-electron chi connectivity index (χ0n) is 15.6. The molecular formula is C19H22N2O6S. The van der Waals surface area contributed by atoms with Crippen LogP contribution in [0.4, 0.5) is 0 Å². The number of benzene rings is 1. The smallest absolute Gasteiger partial charge is 0.339 e. The molecule has 2 N–H and O–H groups in total. The van der Waals surface area contributed by atoms with Gasteiger partial charge in [0.1, 0.15) is 5.76 Å². The summed E-state index contributed by atoms with van der Waals surface area (Å²) in [5.74, 6) is -0.814. The molecule has 0 bridgehead atoms. The van der Waals surface area contributed by atoms with Crippen LogP contribution in [0.2, 0.25) is 0 Å². The van der Waals surface area contributed by atoms with E-state index in [1.54, 1.807) is 19.1 Å². The molecule has 2 rings (SSSR count). The van der Waals surface area contributed by atoms with Crippen molar-refractivity contribution in [3.05, 3.63) is 66.1 Å². The maximum absolute atomic E-state index is 12.5. The molecule has 28 heavy (non-hydrogen) atoms. The third kappa shape index (κ3) is 5.54. The average molecular weight is 406 g/mol. The van der Waals surface area contributed by atoms with Gasteiger partial charge < -0.3 is 14.5 Å². The summed E-state index contributed by atoms with van der Waals surface area (Å²) < 4.78 is 37.6. The molecule has 0 fully saturated rings. The number of sulfonamides is 1. The van der Waals surface area contributed by atoms with E-state index in [9.17, 15) is 18.0 Å². The van der Waals surface area contributed by atoms with Crippen molar-refractivity contribution in [1.82, 2.24) is 10.0 Å². The number of amides is 1. The van der Waals surface area contributed by atoms with E-state index >= 15 is 0 Å². The van der Waals surface area contributed by atoms with Crippen LogP contribution in [0.1, 0.15) is 28.6 Å². The zero-order valence-corrected chi connectivity index (χ0v) is 16.4. The number of hydrogen-bond donors (Lipinski definition) is 2. The molecule has 0 saturated heterocycles. The number of carbonyl (C=O) groups is 2. The number of hydrogen-bond acceptors (Lipinski definition) is 6. The first-order valence-electron chi connectivity index (χ1n) is 8.47. The molecule has 9 heteroatoms. The van der Waals surface area contributed by atoms with Gasteiger partial charge in [0.25, 0.3) is 5.91 Å². The Morgan fingerprint density at radius 1 is 1.32 bits per heavy atom. The van der Waals surface area contributed by atoms with E-state index in [0.29, 0.717) is 11.3 Å². The lowest BCUT2D eigenvalue weighted by molar-refractivity contribution is -0.128. The highest BCUT2D eigenvalue weighted by Gasteiger charge is 2.22. The van der Waals surface area contributed by atoms with E-state index in [-0.39, 0.29) is 23.5 Å². The van der Waals surface area contributed by atoms with Gasteiger partial charge in [0.15, 0.2) is 6.10 Å². The molecule has 0 saturated carbocycles. The van der Waals surface area contributed by atoms with Crippen molar-refractivity contribution in [3.63, 3.8) is 0 Å². The first kappa shape index (κ1) is 21.4. The molecule has 0 aliphatic heterocycles. The molecule has 0 spiro atoms. The second-order valence-corrected chi connectivity index (χ2v) is 7.73. The van der Waals surface area contributed by atoms with Gasteiger partial charge in [-0.1, -0.05) is 12.1 Å². The molecule has 1 atom stereocenters. The highest BCUT2D eigenvalue weighted by Crippen LogP contribution is 2.18. The fraction of sp³-hybridized carbons (Fsp3) is 0.263. The third-order valence-electron chi connectivity index (χ3n) is 3.83. The Balaban J connectivity index is 2.14. The number of rotatable bonds is 9. The lowest BCUT2D eigenvalue weighted by atomic mass is 10.1. The third-order valence-corrected chi connectivity index (χ3v) is 5.23. The van der Waals surface area contributed by atoms with Gasteiger partial charge in [-0.3, -0.25) is 4.79 Å². The largest absolute Gasteiger partial charge is 0.468 e. The molecule has 1 amide bonds. The van der Waals surface area contributed by atoms with Crippen molar-refractivity contribution in [2.45, 2.75) is 31.4 Å². The summed E-state index contributed by atoms with van der Waals surface area (Å²) in [6, 6.07) is 7.39. The quantitative estimate of drug-likeness (QED) is 0.486. The summed E-state index contributed by atoms with van der Waals surface area (Å²) in [6.07, 6.45) is 1.90. The summed E-state index contributed by atoms with van der Waals surface area (Å²) >= 11 is 0. The van der Waals surface area contributed by atoms with Gasteiger partial charge in [-0.2, -0.15) is 0 Å². The van der Waals surface area contributed by atoms with E-state index in [2.05, 4.69) is 16.6 Å². The molecule has 2 aromatic rings. The maximum Gasteiger partial charge on any atom is 0.339 e. The Morgan fingerprint density at radius 2 is 2.07 bits per heavy atom. The molecule has 1 aromatic carbocycles. The standard InChI is InChI=1S/C19H22N2O6S/c1-4-9-20-18(22)14(3)27-19(23)17-11-16(8-7-13(17)2)28(24,25)21-12-15-6-5-10-26-15/h4-8,10-11,14,21H,1,9,12H2,2-3H3,(H,20,22). The maximum atomic E-state index is 12.5. The number of nitrogens with one attached hydrogen (secondary N) is 2. The number of ether oxygens (including phenoxy) is 1. The minimum atomic E-state index is -3.87. The van der Waals surface area contributed by atoms with Gasteiger partial charge in [0.2, 0.25) is 10.0 Å². The van der Waals surface area contributed by atoms with Crippen LogP contribution >= 0.6 is 0 Å². The van der Waals surface area contributed by atoms with E-state index < -0.39 is 28.0 Å². The van der Waals surface area contributed by atoms with Crippen LogP contribution in [0.5, 0.6) is 0 Å². The SMILES string of the molecule is C=CCNC(=O)C(C)OC(=O)c1cc(S(=O)(=O)NCc2ccco2)ccc1C. The molecular weight excluding hydrogens is 384 g/mol. The zero-order chi connectivity index (χ0) is 20.7. The van der Waals surface area contributed by atoms with Crippen LogP contribution in [0.15, 0.2) is 58.6 Å². The number of carbonyl (C=O) groups excluding carboxylic acids is 2. The Bertz CT molecular complexity index is 951. The molecule has 1 unspecified atom stereocenters. The minimum absolute atomic E-state index is 0.0243. The van der Waals surface area contributed by atoms with Gasteiger partial charge in [-0.15, -0.1) is 6.58 Å². The number of aryl methyl sites for hydroxylation is 1. The lowest BCUT2D eigenvalue weighted by Crippen LogP contribution is -2.36. The Hall–Kier alpha value is -2.91. The van der Waals surface area contributed by atoms with E-state index in [1.807, 2.05) is 0 Å². The lowest BCUT2D eigenvalue weighted by Gasteiger charge is -2.14. The first-order chi connectivity index (χ1) is 13.2. The second-order valence-electron chi connectivity index (χ2n) is 5.96. The summed E-state index contributed by atoms with van der Waals surface area (Å²) in [5.41, 5.74) is 0.581. The van der Waals surface area contributed by atoms with Crippen LogP contribution in [0, 0.1) is 6.92 Å². The fourth-order valence-corrected chi connectivity index (χ4v) is 3.26. The van der Waals surface area contributed by atoms with Gasteiger partial charge >= 0.3 is 5.97 Å². The Kier molecular flexibility index (Phi) is 7.13. The molecule has 1 aromatic heterocycles. The molecule has 8 nitrogen and oxygen atoms in total. The Labute approximate surface area is 163 Å². The topological polar surface area (TPSA) is 115 Å². The minimum Gasteiger partial charge on any atom is -0.468 e. The molecule has 0 aliphatic rings. The van der Waals surface area contributed by atoms with Crippen LogP contribution in [-0.2, 0) is 26.1 Å². The highest BCUT2D eigenvalue weighted by atomic mass is 32.2. The van der Waals surface area contributed by atoms with Crippen LogP contribution in [0.3, 0.4) is 0 Å². The predicted molar refractivity (Wildman–Crippen MR) is 102 cm³/mol. The summed E-state index contributed by atoms with van der Waals surface area (Å²) in [5, 5.41) is 2.52. The van der Waals surface area contributed by atoms with E-state index in [1.165, 1.54) is 37.5 Å². The van der Waals surface area contributed by atoms with Crippen molar-refractivity contribution in [2.75, 3.05) is 6.54 Å². The van der Waals surface area contributed by atoms with Crippen LogP contribution in [0.25, 0.3) is 0 Å². The summed E-state index contributed by atoms with van der Waals surface area (Å²) in [7, 11) is -3.87. The van der Waals surface area contributed by atoms with Crippen LogP contribution in [-0.4, -0.2) is 32.9 Å². The highest BCUT2D eigenvalue weighted by molar-refractivity contribution is 7.89. The predicted octanol–water partition coefficient (Wildman–Crippen LogP) is 1.91. The van der Waals surface area contributed by atoms with Gasteiger partial charge in [0, 0.05) is 6.54 Å². The molecule has 150 valence electrons. The van der Waals surface area contributed by atoms with Crippen molar-refractivity contribution in [1.29, 1.82) is 0 Å². The average Bonchev–Trinajstić information content (AvgIpc) is 3.18. The first-order valence-corrected chi connectivity index (χ1v) is 9.95. The van der Waals surface area contributed by atoms with Crippen molar-refractivity contribution in [3.8, 4) is 0 Å². The molecule has 1 heterocycles. The van der Waals surface area contributed by atoms with Crippen molar-refractivity contribution in [2.24, 2.45) is 0 Å². The Morgan fingerprint density at radius 3 is 2.71 bits per heavy atom. The van der Waals surface area contributed by atoms with Crippen LogP contribution < -0.4 is 10.0 Å². The van der Waals surface area contributed by atoms with E-state index in [4.69, 9.17) is 9.15 Å². The number of esters is 1. The van der Waals surface area contributed by atoms with Gasteiger partial charge in [-0.05, 0) is 43.7 Å². The molecule has 0 aliphatic carbocycles. The molecule has 0 radical (unpaired) electrons. The normalized spacial score (nSPS) is 12.2. The van der Waals surface area contributed by atoms with Crippen molar-refractivity contribution >= 4 is 21.9 Å². The van der Waals surface area contributed by atoms with Gasteiger partial charge in [-0.25, -0.2) is 17.9 Å². The second kappa shape index (κ2) is 9.34. The van der Waals surface area contributed by atoms with Gasteiger partial charge in [0.05, 0.1) is 23.3 Å². The fourth-order valence-electron chi connectivity index (χ4n) is 2.24. The van der Waals surface area contributed by atoms with Crippen molar-refractivity contribution < 1.29 is 27.2 Å². The summed E-state index contributed by atoms with van der Waals surface area (Å²) in [4.78, 5) is 24.2.